The summed E-state index contributed by atoms with van der Waals surface area (Å²) in [5, 5.41) is 18.6. The zero-order valence-corrected chi connectivity index (χ0v) is 11.4. The van der Waals surface area contributed by atoms with Gasteiger partial charge in [0.15, 0.2) is 0 Å². The highest BCUT2D eigenvalue weighted by atomic mass is 16.4. The molecule has 0 amide bonds. The van der Waals surface area contributed by atoms with E-state index in [1.54, 1.807) is 12.1 Å². The minimum absolute atomic E-state index is 0.0834. The topological polar surface area (TPSA) is 57.5 Å². The average Bonchev–Trinajstić information content (AvgIpc) is 2.38. The van der Waals surface area contributed by atoms with Gasteiger partial charge in [0, 0.05) is 0 Å². The van der Waals surface area contributed by atoms with Gasteiger partial charge in [-0.05, 0) is 48.4 Å². The van der Waals surface area contributed by atoms with Gasteiger partial charge in [-0.2, -0.15) is 0 Å². The van der Waals surface area contributed by atoms with E-state index in [-0.39, 0.29) is 17.6 Å². The zero-order chi connectivity index (χ0) is 14.0. The monoisotopic (exact) mass is 260 g/mol. The maximum absolute atomic E-state index is 11.3. The van der Waals surface area contributed by atoms with Crippen molar-refractivity contribution in [2.24, 2.45) is 11.8 Å². The Morgan fingerprint density at radius 1 is 1.32 bits per heavy atom. The molecule has 2 rings (SSSR count). The number of hydrogen-bond donors (Lipinski definition) is 2. The Balaban J connectivity index is 2.40. The Morgan fingerprint density at radius 3 is 2.47 bits per heavy atom. The van der Waals surface area contributed by atoms with Crippen LogP contribution >= 0.6 is 0 Å². The Hall–Kier alpha value is -1.77. The molecule has 0 radical (unpaired) electrons. The maximum Gasteiger partial charge on any atom is 0.307 e. The first kappa shape index (κ1) is 13.7. The van der Waals surface area contributed by atoms with Crippen LogP contribution in [0.3, 0.4) is 0 Å². The highest BCUT2D eigenvalue weighted by molar-refractivity contribution is 5.76. The molecule has 1 aliphatic carbocycles. The predicted molar refractivity (Wildman–Crippen MR) is 74.8 cm³/mol. The molecule has 3 nitrogen and oxygen atoms in total. The summed E-state index contributed by atoms with van der Waals surface area (Å²) in [7, 11) is 0. The smallest absolute Gasteiger partial charge is 0.307 e. The predicted octanol–water partition coefficient (Wildman–Crippen LogP) is 3.69. The van der Waals surface area contributed by atoms with Crippen LogP contribution in [0, 0.1) is 11.8 Å². The molecule has 0 fully saturated rings. The maximum atomic E-state index is 11.3. The highest BCUT2D eigenvalue weighted by Gasteiger charge is 2.32. The minimum atomic E-state index is -0.691. The van der Waals surface area contributed by atoms with Crippen LogP contribution in [0.5, 0.6) is 5.75 Å². The summed E-state index contributed by atoms with van der Waals surface area (Å²) in [6.07, 6.45) is 2.37. The van der Waals surface area contributed by atoms with E-state index in [9.17, 15) is 15.0 Å². The second kappa shape index (κ2) is 5.47. The number of carbonyl (C=O) groups is 1. The summed E-state index contributed by atoms with van der Waals surface area (Å²) in [4.78, 5) is 11.3. The lowest BCUT2D eigenvalue weighted by atomic mass is 9.73. The molecule has 1 aromatic rings. The van der Waals surface area contributed by atoms with Crippen molar-refractivity contribution in [3.05, 3.63) is 35.4 Å². The molecule has 0 aliphatic heterocycles. The largest absolute Gasteiger partial charge is 0.508 e. The fourth-order valence-electron chi connectivity index (χ4n) is 3.09. The van der Waals surface area contributed by atoms with E-state index in [0.29, 0.717) is 6.42 Å². The summed E-state index contributed by atoms with van der Waals surface area (Å²) >= 11 is 0. The van der Waals surface area contributed by atoms with E-state index >= 15 is 0 Å². The number of hydrogen-bond acceptors (Lipinski definition) is 2. The van der Waals surface area contributed by atoms with E-state index in [1.165, 1.54) is 11.1 Å². The van der Waals surface area contributed by atoms with Gasteiger partial charge in [0.05, 0.1) is 5.92 Å². The van der Waals surface area contributed by atoms with Gasteiger partial charge >= 0.3 is 5.97 Å². The van der Waals surface area contributed by atoms with Crippen LogP contribution in [0.25, 0.3) is 5.57 Å². The second-order valence-electron chi connectivity index (χ2n) is 5.18. The molecule has 0 saturated carbocycles. The number of aliphatic carboxylic acids is 1. The van der Waals surface area contributed by atoms with Crippen molar-refractivity contribution in [2.75, 3.05) is 0 Å². The van der Waals surface area contributed by atoms with Crippen LogP contribution in [0.15, 0.2) is 29.8 Å². The number of benzene rings is 1. The van der Waals surface area contributed by atoms with Crippen molar-refractivity contribution in [3.8, 4) is 5.75 Å². The van der Waals surface area contributed by atoms with Crippen LogP contribution in [-0.2, 0) is 4.79 Å². The van der Waals surface area contributed by atoms with Crippen molar-refractivity contribution in [2.45, 2.75) is 33.1 Å². The van der Waals surface area contributed by atoms with E-state index in [1.807, 2.05) is 19.1 Å². The molecule has 0 saturated heterocycles. The Labute approximate surface area is 113 Å². The molecule has 2 unspecified atom stereocenters. The third kappa shape index (κ3) is 2.65. The third-order valence-electron chi connectivity index (χ3n) is 4.16. The second-order valence-corrected chi connectivity index (χ2v) is 5.18. The molecule has 102 valence electrons. The van der Waals surface area contributed by atoms with Crippen molar-refractivity contribution in [1.29, 1.82) is 0 Å². The van der Waals surface area contributed by atoms with Crippen molar-refractivity contribution < 1.29 is 15.0 Å². The van der Waals surface area contributed by atoms with Gasteiger partial charge in [-0.25, -0.2) is 0 Å². The molecule has 1 aromatic carbocycles. The van der Waals surface area contributed by atoms with Crippen molar-refractivity contribution in [3.63, 3.8) is 0 Å². The summed E-state index contributed by atoms with van der Waals surface area (Å²) in [5.74, 6) is -0.617. The average molecular weight is 260 g/mol. The fourth-order valence-corrected chi connectivity index (χ4v) is 3.09. The normalized spacial score (nSPS) is 23.5. The SMILES string of the molecule is CCC1=C(c2ccc(O)cc2)CCC(C(=O)O)C1C. The van der Waals surface area contributed by atoms with E-state index < -0.39 is 5.97 Å². The number of allylic oxidation sites excluding steroid dienone is 2. The van der Waals surface area contributed by atoms with Crippen molar-refractivity contribution in [1.82, 2.24) is 0 Å². The Kier molecular flexibility index (Phi) is 3.93. The van der Waals surface area contributed by atoms with Crippen LogP contribution in [0.4, 0.5) is 0 Å². The van der Waals surface area contributed by atoms with Crippen LogP contribution in [0.1, 0.15) is 38.7 Å². The Morgan fingerprint density at radius 2 is 1.95 bits per heavy atom. The molecule has 2 atom stereocenters. The van der Waals surface area contributed by atoms with Gasteiger partial charge in [0.1, 0.15) is 5.75 Å². The van der Waals surface area contributed by atoms with E-state index in [4.69, 9.17) is 0 Å². The number of carboxylic acid groups (broad SMARTS) is 1. The van der Waals surface area contributed by atoms with Crippen LogP contribution in [-0.4, -0.2) is 16.2 Å². The number of phenolic OH excluding ortho intramolecular Hbond substituents is 1. The zero-order valence-electron chi connectivity index (χ0n) is 11.4. The van der Waals surface area contributed by atoms with Gasteiger partial charge in [-0.15, -0.1) is 0 Å². The number of rotatable bonds is 3. The molecule has 2 N–H and O–H groups in total. The highest BCUT2D eigenvalue weighted by Crippen LogP contribution is 2.41. The molecular weight excluding hydrogens is 240 g/mol. The van der Waals surface area contributed by atoms with Gasteiger partial charge < -0.3 is 10.2 Å². The lowest BCUT2D eigenvalue weighted by Crippen LogP contribution is -2.27. The molecule has 1 aliphatic rings. The quantitative estimate of drug-likeness (QED) is 0.871. The van der Waals surface area contributed by atoms with E-state index in [0.717, 1.165) is 18.4 Å². The lowest BCUT2D eigenvalue weighted by molar-refractivity contribution is -0.143. The minimum Gasteiger partial charge on any atom is -0.508 e. The summed E-state index contributed by atoms with van der Waals surface area (Å²) in [6.45, 7) is 4.09. The van der Waals surface area contributed by atoms with Gasteiger partial charge in [0.25, 0.3) is 0 Å². The first-order chi connectivity index (χ1) is 9.04. The third-order valence-corrected chi connectivity index (χ3v) is 4.16. The summed E-state index contributed by atoms with van der Waals surface area (Å²) in [5.41, 5.74) is 3.60. The summed E-state index contributed by atoms with van der Waals surface area (Å²) < 4.78 is 0. The molecule has 0 spiro atoms. The van der Waals surface area contributed by atoms with Crippen molar-refractivity contribution >= 4 is 11.5 Å². The molecule has 0 aromatic heterocycles. The fraction of sp³-hybridized carbons (Fsp3) is 0.438. The molecular formula is C16H20O3. The molecule has 3 heteroatoms. The molecule has 19 heavy (non-hydrogen) atoms. The number of phenols is 1. The number of carboxylic acids is 1. The van der Waals surface area contributed by atoms with Gasteiger partial charge in [0.2, 0.25) is 0 Å². The van der Waals surface area contributed by atoms with Gasteiger partial charge in [-0.3, -0.25) is 4.79 Å². The Bertz CT molecular complexity index is 499. The van der Waals surface area contributed by atoms with E-state index in [2.05, 4.69) is 6.92 Å². The first-order valence-electron chi connectivity index (χ1n) is 6.78. The van der Waals surface area contributed by atoms with Crippen LogP contribution < -0.4 is 0 Å². The summed E-state index contributed by atoms with van der Waals surface area (Å²) in [6, 6.07) is 7.19. The first-order valence-corrected chi connectivity index (χ1v) is 6.78. The lowest BCUT2D eigenvalue weighted by Gasteiger charge is -2.31. The van der Waals surface area contributed by atoms with Crippen LogP contribution in [0.2, 0.25) is 0 Å². The van der Waals surface area contributed by atoms with Gasteiger partial charge in [-0.1, -0.05) is 31.6 Å². The molecule has 0 bridgehead atoms. The standard InChI is InChI=1S/C16H20O3/c1-3-13-10(2)14(16(18)19)8-9-15(13)11-4-6-12(17)7-5-11/h4-7,10,14,17H,3,8-9H2,1-2H3,(H,18,19). The number of aromatic hydroxyl groups is 1. The molecule has 0 heterocycles.